The summed E-state index contributed by atoms with van der Waals surface area (Å²) in [4.78, 5) is 34.6. The number of carbonyl (C=O) groups is 2. The monoisotopic (exact) mass is 410 g/mol. The fourth-order valence-electron chi connectivity index (χ4n) is 2.28. The molecule has 0 bridgehead atoms. The fraction of sp³-hybridized carbons (Fsp3) is 0.222. The lowest BCUT2D eigenvalue weighted by Crippen LogP contribution is -2.22. The Morgan fingerprint density at radius 1 is 1.17 bits per heavy atom. The number of nitro groups is 1. The lowest BCUT2D eigenvalue weighted by atomic mass is 10.1. The van der Waals surface area contributed by atoms with E-state index >= 15 is 0 Å². The number of amides is 1. The fourth-order valence-corrected chi connectivity index (χ4v) is 2.28. The van der Waals surface area contributed by atoms with Gasteiger partial charge in [-0.15, -0.1) is 0 Å². The SMILES string of the molecule is CCOc1cc([N+](=O)[O-])c(C(=O)OCC(=O)Nc2ccc(F)cc2F)cc1OC. The zero-order valence-corrected chi connectivity index (χ0v) is 15.4. The highest BCUT2D eigenvalue weighted by molar-refractivity contribution is 5.98. The number of hydrogen-bond donors (Lipinski definition) is 1. The first-order valence-electron chi connectivity index (χ1n) is 8.18. The van der Waals surface area contributed by atoms with Gasteiger partial charge in [0.15, 0.2) is 18.1 Å². The average Bonchev–Trinajstić information content (AvgIpc) is 2.68. The lowest BCUT2D eigenvalue weighted by Gasteiger charge is -2.12. The minimum Gasteiger partial charge on any atom is -0.493 e. The summed E-state index contributed by atoms with van der Waals surface area (Å²) in [6.07, 6.45) is 0. The highest BCUT2D eigenvalue weighted by Gasteiger charge is 2.26. The maximum absolute atomic E-state index is 13.5. The van der Waals surface area contributed by atoms with Crippen molar-refractivity contribution in [2.45, 2.75) is 6.92 Å². The molecule has 0 radical (unpaired) electrons. The number of carbonyl (C=O) groups excluding carboxylic acids is 2. The van der Waals surface area contributed by atoms with E-state index in [1.165, 1.54) is 7.11 Å². The molecule has 0 saturated heterocycles. The topological polar surface area (TPSA) is 117 Å². The second kappa shape index (κ2) is 9.44. The number of nitrogens with one attached hydrogen (secondary N) is 1. The van der Waals surface area contributed by atoms with Crippen molar-refractivity contribution in [2.75, 3.05) is 25.6 Å². The molecule has 0 fully saturated rings. The van der Waals surface area contributed by atoms with Gasteiger partial charge in [0.05, 0.1) is 30.4 Å². The molecule has 0 aliphatic rings. The summed E-state index contributed by atoms with van der Waals surface area (Å²) in [5.41, 5.74) is -1.39. The van der Waals surface area contributed by atoms with E-state index in [2.05, 4.69) is 5.32 Å². The highest BCUT2D eigenvalue weighted by atomic mass is 19.1. The number of hydrogen-bond acceptors (Lipinski definition) is 7. The molecule has 2 rings (SSSR count). The van der Waals surface area contributed by atoms with Crippen LogP contribution in [-0.2, 0) is 9.53 Å². The zero-order valence-electron chi connectivity index (χ0n) is 15.4. The van der Waals surface area contributed by atoms with Gasteiger partial charge in [0, 0.05) is 12.1 Å². The molecule has 0 spiro atoms. The summed E-state index contributed by atoms with van der Waals surface area (Å²) in [6.45, 7) is 1.01. The zero-order chi connectivity index (χ0) is 21.6. The van der Waals surface area contributed by atoms with Crippen molar-refractivity contribution in [1.29, 1.82) is 0 Å². The normalized spacial score (nSPS) is 10.2. The minimum atomic E-state index is -1.17. The molecule has 0 unspecified atom stereocenters. The van der Waals surface area contributed by atoms with Gasteiger partial charge < -0.3 is 19.5 Å². The van der Waals surface area contributed by atoms with Gasteiger partial charge in [0.2, 0.25) is 0 Å². The first-order valence-corrected chi connectivity index (χ1v) is 8.18. The first-order chi connectivity index (χ1) is 13.8. The van der Waals surface area contributed by atoms with Crippen LogP contribution in [0, 0.1) is 21.7 Å². The van der Waals surface area contributed by atoms with Crippen molar-refractivity contribution in [2.24, 2.45) is 0 Å². The van der Waals surface area contributed by atoms with Crippen molar-refractivity contribution in [3.8, 4) is 11.5 Å². The van der Waals surface area contributed by atoms with Crippen LogP contribution in [0.1, 0.15) is 17.3 Å². The van der Waals surface area contributed by atoms with Crippen molar-refractivity contribution in [3.05, 3.63) is 57.6 Å². The number of nitrogens with zero attached hydrogens (tertiary/aromatic N) is 1. The maximum atomic E-state index is 13.5. The van der Waals surface area contributed by atoms with Gasteiger partial charge in [-0.3, -0.25) is 14.9 Å². The summed E-state index contributed by atoms with van der Waals surface area (Å²) < 4.78 is 41.5. The van der Waals surface area contributed by atoms with Crippen LogP contribution < -0.4 is 14.8 Å². The number of ether oxygens (including phenoxy) is 3. The van der Waals surface area contributed by atoms with Crippen LogP contribution in [-0.4, -0.2) is 37.1 Å². The molecule has 9 nitrogen and oxygen atoms in total. The van der Waals surface area contributed by atoms with Crippen molar-refractivity contribution in [1.82, 2.24) is 0 Å². The third-order valence-corrected chi connectivity index (χ3v) is 3.54. The number of halogens is 2. The Morgan fingerprint density at radius 2 is 1.90 bits per heavy atom. The Bertz CT molecular complexity index is 950. The van der Waals surface area contributed by atoms with Gasteiger partial charge in [0.1, 0.15) is 17.2 Å². The Hall–Kier alpha value is -3.76. The molecule has 154 valence electrons. The van der Waals surface area contributed by atoms with E-state index in [1.54, 1.807) is 6.92 Å². The molecule has 2 aromatic rings. The standard InChI is InChI=1S/C18H16F2N2O7/c1-3-28-16-8-14(22(25)26)11(7-15(16)27-2)18(24)29-9-17(23)21-13-5-4-10(19)6-12(13)20/h4-8H,3,9H2,1-2H3,(H,21,23). The lowest BCUT2D eigenvalue weighted by molar-refractivity contribution is -0.385. The van der Waals surface area contributed by atoms with Gasteiger partial charge in [-0.2, -0.15) is 0 Å². The molecule has 0 atom stereocenters. The molecule has 29 heavy (non-hydrogen) atoms. The summed E-state index contributed by atoms with van der Waals surface area (Å²) in [5, 5.41) is 13.4. The summed E-state index contributed by atoms with van der Waals surface area (Å²) >= 11 is 0. The van der Waals surface area contributed by atoms with Crippen molar-refractivity contribution >= 4 is 23.3 Å². The molecule has 1 amide bonds. The minimum absolute atomic E-state index is 0.0576. The van der Waals surface area contributed by atoms with E-state index in [1.807, 2.05) is 0 Å². The molecule has 0 aliphatic heterocycles. The summed E-state index contributed by atoms with van der Waals surface area (Å²) in [6, 6.07) is 4.56. The summed E-state index contributed by atoms with van der Waals surface area (Å²) in [7, 11) is 1.28. The molecule has 1 N–H and O–H groups in total. The number of nitro benzene ring substituents is 1. The second-order valence-electron chi connectivity index (χ2n) is 5.46. The highest BCUT2D eigenvalue weighted by Crippen LogP contribution is 2.35. The number of rotatable bonds is 8. The number of methoxy groups -OCH3 is 1. The van der Waals surface area contributed by atoms with Crippen LogP contribution in [0.25, 0.3) is 0 Å². The third kappa shape index (κ3) is 5.37. The number of benzene rings is 2. The predicted molar refractivity (Wildman–Crippen MR) is 96.1 cm³/mol. The van der Waals surface area contributed by atoms with Gasteiger partial charge in [-0.05, 0) is 19.1 Å². The number of esters is 1. The van der Waals surface area contributed by atoms with E-state index in [-0.39, 0.29) is 23.8 Å². The molecular weight excluding hydrogens is 394 g/mol. The van der Waals surface area contributed by atoms with Crippen LogP contribution in [0.15, 0.2) is 30.3 Å². The van der Waals surface area contributed by atoms with Gasteiger partial charge >= 0.3 is 5.97 Å². The first kappa shape index (κ1) is 21.5. The molecule has 11 heteroatoms. The van der Waals surface area contributed by atoms with E-state index in [4.69, 9.17) is 14.2 Å². The molecule has 0 saturated carbocycles. The second-order valence-corrected chi connectivity index (χ2v) is 5.46. The van der Waals surface area contributed by atoms with Crippen LogP contribution in [0.5, 0.6) is 11.5 Å². The molecule has 0 aromatic heterocycles. The quantitative estimate of drug-likeness (QED) is 0.404. The Morgan fingerprint density at radius 3 is 2.48 bits per heavy atom. The molecule has 2 aromatic carbocycles. The van der Waals surface area contributed by atoms with Crippen LogP contribution in [0.2, 0.25) is 0 Å². The van der Waals surface area contributed by atoms with Gasteiger partial charge in [0.25, 0.3) is 11.6 Å². The van der Waals surface area contributed by atoms with E-state index in [0.717, 1.165) is 24.3 Å². The average molecular weight is 410 g/mol. The van der Waals surface area contributed by atoms with Crippen LogP contribution in [0.3, 0.4) is 0 Å². The van der Waals surface area contributed by atoms with Gasteiger partial charge in [-0.25, -0.2) is 13.6 Å². The maximum Gasteiger partial charge on any atom is 0.345 e. The van der Waals surface area contributed by atoms with E-state index < -0.39 is 46.3 Å². The van der Waals surface area contributed by atoms with Crippen LogP contribution in [0.4, 0.5) is 20.2 Å². The van der Waals surface area contributed by atoms with Crippen molar-refractivity contribution in [3.63, 3.8) is 0 Å². The number of anilines is 1. The summed E-state index contributed by atoms with van der Waals surface area (Å²) in [5.74, 6) is -3.83. The Kier molecular flexibility index (Phi) is 7.01. The third-order valence-electron chi connectivity index (χ3n) is 3.54. The van der Waals surface area contributed by atoms with E-state index in [0.29, 0.717) is 6.07 Å². The molecule has 0 aliphatic carbocycles. The van der Waals surface area contributed by atoms with Crippen LogP contribution >= 0.6 is 0 Å². The van der Waals surface area contributed by atoms with Crippen molar-refractivity contribution < 1.29 is 37.5 Å². The predicted octanol–water partition coefficient (Wildman–Crippen LogP) is 3.08. The largest absolute Gasteiger partial charge is 0.493 e. The Balaban J connectivity index is 2.15. The molecular formula is C18H16F2N2O7. The Labute approximate surface area is 163 Å². The van der Waals surface area contributed by atoms with Gasteiger partial charge in [-0.1, -0.05) is 0 Å². The molecule has 0 heterocycles. The van der Waals surface area contributed by atoms with E-state index in [9.17, 15) is 28.5 Å². The smallest absolute Gasteiger partial charge is 0.345 e.